The molecule has 3 rings (SSSR count). The maximum Gasteiger partial charge on any atom is 0.246 e. The molecule has 0 saturated heterocycles. The fraction of sp³-hybridized carbons (Fsp3) is 0.875. The van der Waals surface area contributed by atoms with E-state index in [0.29, 0.717) is 24.2 Å². The Bertz CT molecular complexity index is 462. The zero-order valence-electron chi connectivity index (χ0n) is 13.2. The van der Waals surface area contributed by atoms with Crippen LogP contribution in [0.15, 0.2) is 4.52 Å². The SMILES string of the molecule is CCOC(c1noc(C2(N)CCC(CC)CC2)n1)C1CC1. The van der Waals surface area contributed by atoms with Crippen molar-refractivity contribution in [3.05, 3.63) is 11.7 Å². The minimum Gasteiger partial charge on any atom is -0.370 e. The lowest BCUT2D eigenvalue weighted by atomic mass is 9.76. The van der Waals surface area contributed by atoms with Crippen LogP contribution in [-0.2, 0) is 10.3 Å². The van der Waals surface area contributed by atoms with Gasteiger partial charge in [-0.1, -0.05) is 18.5 Å². The lowest BCUT2D eigenvalue weighted by molar-refractivity contribution is 0.0384. The molecule has 21 heavy (non-hydrogen) atoms. The van der Waals surface area contributed by atoms with Crippen molar-refractivity contribution >= 4 is 0 Å². The molecule has 1 atom stereocenters. The molecule has 5 nitrogen and oxygen atoms in total. The van der Waals surface area contributed by atoms with Gasteiger partial charge < -0.3 is 15.0 Å². The van der Waals surface area contributed by atoms with E-state index in [1.54, 1.807) is 0 Å². The second-order valence-electron chi connectivity index (χ2n) is 6.68. The summed E-state index contributed by atoms with van der Waals surface area (Å²) in [6, 6.07) is 0. The summed E-state index contributed by atoms with van der Waals surface area (Å²) in [5.41, 5.74) is 6.11. The Morgan fingerprint density at radius 3 is 2.57 bits per heavy atom. The molecule has 1 aromatic rings. The van der Waals surface area contributed by atoms with Crippen molar-refractivity contribution in [1.29, 1.82) is 0 Å². The number of rotatable bonds is 6. The molecule has 2 aliphatic carbocycles. The maximum absolute atomic E-state index is 6.54. The number of nitrogens with zero attached hydrogens (tertiary/aromatic N) is 2. The van der Waals surface area contributed by atoms with Gasteiger partial charge >= 0.3 is 0 Å². The van der Waals surface area contributed by atoms with Gasteiger partial charge in [-0.3, -0.25) is 0 Å². The van der Waals surface area contributed by atoms with E-state index in [0.717, 1.165) is 31.6 Å². The zero-order chi connectivity index (χ0) is 14.9. The molecule has 118 valence electrons. The topological polar surface area (TPSA) is 74.2 Å². The third-order valence-corrected chi connectivity index (χ3v) is 5.09. The normalized spacial score (nSPS) is 31.3. The van der Waals surface area contributed by atoms with Gasteiger partial charge in [0.1, 0.15) is 6.10 Å². The van der Waals surface area contributed by atoms with Gasteiger partial charge in [0.2, 0.25) is 11.7 Å². The van der Waals surface area contributed by atoms with Crippen LogP contribution in [0, 0.1) is 11.8 Å². The van der Waals surface area contributed by atoms with Crippen molar-refractivity contribution < 1.29 is 9.26 Å². The minimum absolute atomic E-state index is 0.0110. The molecule has 1 unspecified atom stereocenters. The van der Waals surface area contributed by atoms with E-state index in [-0.39, 0.29) is 6.10 Å². The first kappa shape index (κ1) is 15.0. The Labute approximate surface area is 126 Å². The van der Waals surface area contributed by atoms with Gasteiger partial charge in [-0.2, -0.15) is 4.98 Å². The van der Waals surface area contributed by atoms with Crippen LogP contribution in [0.3, 0.4) is 0 Å². The van der Waals surface area contributed by atoms with E-state index in [2.05, 4.69) is 17.1 Å². The molecule has 0 aromatic carbocycles. The lowest BCUT2D eigenvalue weighted by Crippen LogP contribution is -2.40. The van der Waals surface area contributed by atoms with E-state index in [1.165, 1.54) is 19.3 Å². The summed E-state index contributed by atoms with van der Waals surface area (Å²) in [5, 5.41) is 4.16. The Morgan fingerprint density at radius 1 is 1.29 bits per heavy atom. The fourth-order valence-corrected chi connectivity index (χ4v) is 3.37. The molecule has 0 amide bonds. The van der Waals surface area contributed by atoms with Gasteiger partial charge in [-0.05, 0) is 57.3 Å². The largest absolute Gasteiger partial charge is 0.370 e. The third-order valence-electron chi connectivity index (χ3n) is 5.09. The summed E-state index contributed by atoms with van der Waals surface area (Å²) in [7, 11) is 0. The summed E-state index contributed by atoms with van der Waals surface area (Å²) in [4.78, 5) is 4.61. The van der Waals surface area contributed by atoms with Crippen molar-refractivity contribution in [2.24, 2.45) is 17.6 Å². The van der Waals surface area contributed by atoms with Gasteiger partial charge in [-0.15, -0.1) is 0 Å². The van der Waals surface area contributed by atoms with E-state index >= 15 is 0 Å². The quantitative estimate of drug-likeness (QED) is 0.871. The van der Waals surface area contributed by atoms with Crippen molar-refractivity contribution in [3.8, 4) is 0 Å². The predicted octanol–water partition coefficient (Wildman–Crippen LogP) is 3.31. The molecular formula is C16H27N3O2. The average Bonchev–Trinajstić information content (AvgIpc) is 3.21. The highest BCUT2D eigenvalue weighted by Gasteiger charge is 2.40. The van der Waals surface area contributed by atoms with Crippen LogP contribution in [0.25, 0.3) is 0 Å². The second kappa shape index (κ2) is 6.05. The van der Waals surface area contributed by atoms with Crippen LogP contribution in [0.2, 0.25) is 0 Å². The first-order chi connectivity index (χ1) is 10.2. The number of nitrogens with two attached hydrogens (primary N) is 1. The van der Waals surface area contributed by atoms with Crippen LogP contribution < -0.4 is 5.73 Å². The van der Waals surface area contributed by atoms with Crippen LogP contribution >= 0.6 is 0 Å². The van der Waals surface area contributed by atoms with Crippen molar-refractivity contribution in [2.45, 2.75) is 70.4 Å². The van der Waals surface area contributed by atoms with Crippen molar-refractivity contribution in [2.75, 3.05) is 6.61 Å². The van der Waals surface area contributed by atoms with Crippen LogP contribution in [0.5, 0.6) is 0 Å². The van der Waals surface area contributed by atoms with E-state index < -0.39 is 5.54 Å². The highest BCUT2D eigenvalue weighted by atomic mass is 16.5. The first-order valence-electron chi connectivity index (χ1n) is 8.41. The van der Waals surface area contributed by atoms with Gasteiger partial charge in [0, 0.05) is 6.61 Å². The molecule has 2 fully saturated rings. The molecule has 0 bridgehead atoms. The lowest BCUT2D eigenvalue weighted by Gasteiger charge is -2.33. The smallest absolute Gasteiger partial charge is 0.246 e. The van der Waals surface area contributed by atoms with E-state index in [9.17, 15) is 0 Å². The summed E-state index contributed by atoms with van der Waals surface area (Å²) in [6.07, 6.45) is 7.80. The van der Waals surface area contributed by atoms with Crippen LogP contribution in [0.1, 0.15) is 76.6 Å². The Morgan fingerprint density at radius 2 is 2.00 bits per heavy atom. The molecule has 1 aromatic heterocycles. The minimum atomic E-state index is -0.433. The number of hydrogen-bond donors (Lipinski definition) is 1. The molecular weight excluding hydrogens is 266 g/mol. The Kier molecular flexibility index (Phi) is 4.31. The first-order valence-corrected chi connectivity index (χ1v) is 8.41. The molecule has 2 saturated carbocycles. The summed E-state index contributed by atoms with van der Waals surface area (Å²) in [6.45, 7) is 4.94. The Hall–Kier alpha value is -0.940. The van der Waals surface area contributed by atoms with E-state index in [4.69, 9.17) is 15.0 Å². The summed E-state index contributed by atoms with van der Waals surface area (Å²) >= 11 is 0. The van der Waals surface area contributed by atoms with Gasteiger partial charge in [-0.25, -0.2) is 0 Å². The number of ether oxygens (including phenoxy) is 1. The van der Waals surface area contributed by atoms with Gasteiger partial charge in [0.05, 0.1) is 5.54 Å². The summed E-state index contributed by atoms with van der Waals surface area (Å²) in [5.74, 6) is 2.65. The maximum atomic E-state index is 6.54. The average molecular weight is 293 g/mol. The highest BCUT2D eigenvalue weighted by molar-refractivity contribution is 5.07. The van der Waals surface area contributed by atoms with Gasteiger partial charge in [0.25, 0.3) is 0 Å². The second-order valence-corrected chi connectivity index (χ2v) is 6.68. The Balaban J connectivity index is 1.72. The molecule has 1 heterocycles. The molecule has 2 aliphatic rings. The molecule has 5 heteroatoms. The standard InChI is InChI=1S/C16H27N3O2/c1-3-11-7-9-16(17,10-8-11)15-18-14(19-21-15)13(20-4-2)12-5-6-12/h11-13H,3-10,17H2,1-2H3. The van der Waals surface area contributed by atoms with Crippen molar-refractivity contribution in [1.82, 2.24) is 10.1 Å². The van der Waals surface area contributed by atoms with Crippen LogP contribution in [0.4, 0.5) is 0 Å². The molecule has 0 radical (unpaired) electrons. The molecule has 0 aliphatic heterocycles. The predicted molar refractivity (Wildman–Crippen MR) is 79.5 cm³/mol. The third kappa shape index (κ3) is 3.14. The zero-order valence-corrected chi connectivity index (χ0v) is 13.2. The fourth-order valence-electron chi connectivity index (χ4n) is 3.37. The van der Waals surface area contributed by atoms with E-state index in [1.807, 2.05) is 6.92 Å². The summed E-state index contributed by atoms with van der Waals surface area (Å²) < 4.78 is 11.3. The van der Waals surface area contributed by atoms with Crippen LogP contribution in [-0.4, -0.2) is 16.7 Å². The molecule has 0 spiro atoms. The monoisotopic (exact) mass is 293 g/mol. The highest BCUT2D eigenvalue weighted by Crippen LogP contribution is 2.43. The van der Waals surface area contributed by atoms with Crippen molar-refractivity contribution in [3.63, 3.8) is 0 Å². The number of aromatic nitrogens is 2. The molecule has 2 N–H and O–H groups in total. The number of hydrogen-bond acceptors (Lipinski definition) is 5. The van der Waals surface area contributed by atoms with Gasteiger partial charge in [0.15, 0.2) is 0 Å².